The lowest BCUT2D eigenvalue weighted by atomic mass is 10.0. The molecule has 0 aromatic rings. The highest BCUT2D eigenvalue weighted by Gasteiger charge is 2.27. The monoisotopic (exact) mass is 245 g/mol. The largest absolute Gasteiger partial charge is 0.444 e. The number of aliphatic hydroxyl groups excluding tert-OH is 1. The van der Waals surface area contributed by atoms with Gasteiger partial charge in [0.15, 0.2) is 5.78 Å². The van der Waals surface area contributed by atoms with Crippen LogP contribution in [0.2, 0.25) is 0 Å². The molecule has 0 unspecified atom stereocenters. The van der Waals surface area contributed by atoms with Crippen LogP contribution in [0.15, 0.2) is 0 Å². The third-order valence-corrected chi connectivity index (χ3v) is 2.08. The first-order valence-corrected chi connectivity index (χ1v) is 5.85. The number of carbonyl (C=O) groups is 2. The van der Waals surface area contributed by atoms with Crippen LogP contribution in [0.1, 0.15) is 47.5 Å². The number of ether oxygens (including phenoxy) is 1. The Morgan fingerprint density at radius 1 is 1.35 bits per heavy atom. The summed E-state index contributed by atoms with van der Waals surface area (Å²) >= 11 is 0. The maximum Gasteiger partial charge on any atom is 0.408 e. The molecule has 0 aromatic heterocycles. The van der Waals surface area contributed by atoms with Gasteiger partial charge in [-0.25, -0.2) is 4.79 Å². The molecule has 0 aromatic carbocycles. The minimum atomic E-state index is -0.898. The molecule has 17 heavy (non-hydrogen) atoms. The molecule has 1 amide bonds. The molecule has 0 saturated carbocycles. The number of Topliss-reactive ketones (excluding diaryl/α,β-unsaturated/α-hetero) is 1. The van der Waals surface area contributed by atoms with Crippen LogP contribution >= 0.6 is 0 Å². The summed E-state index contributed by atoms with van der Waals surface area (Å²) in [6.07, 6.45) is -0.362. The minimum Gasteiger partial charge on any atom is -0.444 e. The van der Waals surface area contributed by atoms with Crippen molar-refractivity contribution in [1.29, 1.82) is 0 Å². The molecule has 0 saturated heterocycles. The molecule has 5 nitrogen and oxygen atoms in total. The summed E-state index contributed by atoms with van der Waals surface area (Å²) in [5.74, 6) is -0.281. The average molecular weight is 245 g/mol. The van der Waals surface area contributed by atoms with E-state index in [4.69, 9.17) is 4.74 Å². The first kappa shape index (κ1) is 15.9. The highest BCUT2D eigenvalue weighted by atomic mass is 16.6. The first-order chi connectivity index (χ1) is 7.67. The molecule has 0 bridgehead atoms. The molecule has 0 aliphatic rings. The number of nitrogens with one attached hydrogen (secondary N) is 1. The summed E-state index contributed by atoms with van der Waals surface area (Å²) in [4.78, 5) is 22.8. The number of amides is 1. The Labute approximate surface area is 103 Å². The van der Waals surface area contributed by atoms with E-state index >= 15 is 0 Å². The second kappa shape index (κ2) is 6.59. The van der Waals surface area contributed by atoms with E-state index in [9.17, 15) is 14.7 Å². The molecule has 0 heterocycles. The van der Waals surface area contributed by atoms with Gasteiger partial charge in [0.05, 0.1) is 6.10 Å². The van der Waals surface area contributed by atoms with Crippen LogP contribution in [-0.4, -0.2) is 34.7 Å². The third-order valence-electron chi connectivity index (χ3n) is 2.08. The van der Waals surface area contributed by atoms with E-state index in [1.807, 2.05) is 6.92 Å². The molecule has 0 aliphatic carbocycles. The van der Waals surface area contributed by atoms with Crippen molar-refractivity contribution in [3.05, 3.63) is 0 Å². The van der Waals surface area contributed by atoms with Crippen LogP contribution in [0.25, 0.3) is 0 Å². The fourth-order valence-corrected chi connectivity index (χ4v) is 1.37. The molecule has 100 valence electrons. The smallest absolute Gasteiger partial charge is 0.408 e. The van der Waals surface area contributed by atoms with Crippen molar-refractivity contribution >= 4 is 11.9 Å². The molecular weight excluding hydrogens is 222 g/mol. The maximum atomic E-state index is 11.5. The van der Waals surface area contributed by atoms with E-state index in [1.165, 1.54) is 6.92 Å². The van der Waals surface area contributed by atoms with Crippen molar-refractivity contribution in [1.82, 2.24) is 5.32 Å². The number of hydrogen-bond donors (Lipinski definition) is 2. The topological polar surface area (TPSA) is 75.6 Å². The van der Waals surface area contributed by atoms with Crippen LogP contribution in [0.4, 0.5) is 4.79 Å². The van der Waals surface area contributed by atoms with Gasteiger partial charge in [-0.05, 0) is 34.1 Å². The van der Waals surface area contributed by atoms with Crippen molar-refractivity contribution in [2.45, 2.75) is 65.2 Å². The van der Waals surface area contributed by atoms with Gasteiger partial charge in [0, 0.05) is 0 Å². The summed E-state index contributed by atoms with van der Waals surface area (Å²) in [6, 6.07) is -0.898. The lowest BCUT2D eigenvalue weighted by molar-refractivity contribution is -0.121. The molecule has 2 N–H and O–H groups in total. The number of alkyl carbamates (subject to hydrolysis) is 1. The summed E-state index contributed by atoms with van der Waals surface area (Å²) in [5, 5.41) is 12.1. The van der Waals surface area contributed by atoms with Gasteiger partial charge in [0.2, 0.25) is 0 Å². The Bertz CT molecular complexity index is 270. The Morgan fingerprint density at radius 3 is 2.24 bits per heavy atom. The van der Waals surface area contributed by atoms with Crippen LogP contribution in [0.5, 0.6) is 0 Å². The van der Waals surface area contributed by atoms with Gasteiger partial charge >= 0.3 is 6.09 Å². The third kappa shape index (κ3) is 6.94. The van der Waals surface area contributed by atoms with Crippen molar-refractivity contribution in [2.75, 3.05) is 0 Å². The Balaban J connectivity index is 4.45. The van der Waals surface area contributed by atoms with E-state index in [-0.39, 0.29) is 5.78 Å². The van der Waals surface area contributed by atoms with Crippen LogP contribution < -0.4 is 5.32 Å². The fourth-order valence-electron chi connectivity index (χ4n) is 1.37. The molecule has 0 spiro atoms. The zero-order valence-corrected chi connectivity index (χ0v) is 11.2. The van der Waals surface area contributed by atoms with E-state index in [2.05, 4.69) is 5.32 Å². The maximum absolute atomic E-state index is 11.5. The highest BCUT2D eigenvalue weighted by molar-refractivity contribution is 5.86. The second-order valence-corrected chi connectivity index (χ2v) is 5.09. The summed E-state index contributed by atoms with van der Waals surface area (Å²) in [7, 11) is 0. The molecule has 0 rings (SSSR count). The molecule has 2 atom stereocenters. The van der Waals surface area contributed by atoms with Gasteiger partial charge in [0.1, 0.15) is 11.6 Å². The first-order valence-electron chi connectivity index (χ1n) is 5.85. The number of rotatable bonds is 5. The quantitative estimate of drug-likeness (QED) is 0.772. The van der Waals surface area contributed by atoms with Gasteiger partial charge in [-0.3, -0.25) is 4.79 Å². The zero-order valence-electron chi connectivity index (χ0n) is 11.2. The number of aliphatic hydroxyl groups is 1. The Kier molecular flexibility index (Phi) is 6.16. The molecule has 0 aliphatic heterocycles. The SMILES string of the molecule is CCC[C@@H](O)[C@H](NC(=O)OC(C)(C)C)C(C)=O. The van der Waals surface area contributed by atoms with Crippen LogP contribution in [0.3, 0.4) is 0 Å². The summed E-state index contributed by atoms with van der Waals surface area (Å²) in [6.45, 7) is 8.43. The van der Waals surface area contributed by atoms with Crippen LogP contribution in [-0.2, 0) is 9.53 Å². The highest BCUT2D eigenvalue weighted by Crippen LogP contribution is 2.09. The van der Waals surface area contributed by atoms with Crippen molar-refractivity contribution in [3.8, 4) is 0 Å². The van der Waals surface area contributed by atoms with Crippen molar-refractivity contribution in [2.24, 2.45) is 0 Å². The van der Waals surface area contributed by atoms with Gasteiger partial charge < -0.3 is 15.2 Å². The normalized spacial score (nSPS) is 14.9. The number of ketones is 1. The summed E-state index contributed by atoms with van der Waals surface area (Å²) < 4.78 is 5.03. The number of carbonyl (C=O) groups excluding carboxylic acids is 2. The number of hydrogen-bond acceptors (Lipinski definition) is 4. The van der Waals surface area contributed by atoms with Gasteiger partial charge in [-0.15, -0.1) is 0 Å². The van der Waals surface area contributed by atoms with Gasteiger partial charge in [-0.1, -0.05) is 13.3 Å². The van der Waals surface area contributed by atoms with E-state index in [0.717, 1.165) is 6.42 Å². The van der Waals surface area contributed by atoms with E-state index < -0.39 is 23.8 Å². The minimum absolute atomic E-state index is 0.281. The lowest BCUT2D eigenvalue weighted by Gasteiger charge is -2.25. The summed E-state index contributed by atoms with van der Waals surface area (Å²) in [5.41, 5.74) is -0.624. The van der Waals surface area contributed by atoms with E-state index in [1.54, 1.807) is 20.8 Å². The van der Waals surface area contributed by atoms with Crippen molar-refractivity contribution in [3.63, 3.8) is 0 Å². The molecular formula is C12H23NO4. The molecule has 5 heteroatoms. The van der Waals surface area contributed by atoms with Crippen LogP contribution in [0, 0.1) is 0 Å². The average Bonchev–Trinajstić information content (AvgIpc) is 2.11. The Morgan fingerprint density at radius 2 is 1.88 bits per heavy atom. The predicted molar refractivity (Wildman–Crippen MR) is 64.8 cm³/mol. The second-order valence-electron chi connectivity index (χ2n) is 5.09. The van der Waals surface area contributed by atoms with Gasteiger partial charge in [0.25, 0.3) is 0 Å². The zero-order chi connectivity index (χ0) is 13.6. The molecule has 0 radical (unpaired) electrons. The van der Waals surface area contributed by atoms with Crippen molar-refractivity contribution < 1.29 is 19.4 Å². The molecule has 0 fully saturated rings. The van der Waals surface area contributed by atoms with E-state index in [0.29, 0.717) is 6.42 Å². The van der Waals surface area contributed by atoms with Gasteiger partial charge in [-0.2, -0.15) is 0 Å². The predicted octanol–water partition coefficient (Wildman–Crippen LogP) is 1.63. The fraction of sp³-hybridized carbons (Fsp3) is 0.833. The standard InChI is InChI=1S/C12H23NO4/c1-6-7-9(15)10(8(2)14)13-11(16)17-12(3,4)5/h9-10,15H,6-7H2,1-5H3,(H,13,16)/t9-,10-/m1/s1. The Hall–Kier alpha value is -1.10. The lowest BCUT2D eigenvalue weighted by Crippen LogP contribution is -2.49.